The zero-order valence-corrected chi connectivity index (χ0v) is 22.3. The summed E-state index contributed by atoms with van der Waals surface area (Å²) in [6.07, 6.45) is 0.632. The molecule has 2 aliphatic heterocycles. The summed E-state index contributed by atoms with van der Waals surface area (Å²) in [6.45, 7) is 5.52. The van der Waals surface area contributed by atoms with Crippen molar-refractivity contribution in [2.24, 2.45) is 0 Å². The number of carbonyl (C=O) groups excluding carboxylic acids is 2. The maximum Gasteiger partial charge on any atom is 0.309 e. The number of nitrogens with one attached hydrogen (secondary N) is 3. The topological polar surface area (TPSA) is 102 Å². The van der Waals surface area contributed by atoms with Gasteiger partial charge in [0.05, 0.1) is 35.8 Å². The fraction of sp³-hybridized carbons (Fsp3) is 0.370. The zero-order valence-electron chi connectivity index (χ0n) is 20.7. The van der Waals surface area contributed by atoms with Crippen molar-refractivity contribution in [2.45, 2.75) is 51.5 Å². The van der Waals surface area contributed by atoms with Gasteiger partial charge in [-0.15, -0.1) is 11.3 Å². The molecule has 0 bridgehead atoms. The van der Waals surface area contributed by atoms with Crippen LogP contribution in [-0.4, -0.2) is 36.1 Å². The standard InChI is InChI=1S/C27H29ClN4O4S/c1-16(2)31-26-32-22(14-37-26)18-5-3-17(4-6-18)13-30-25-19-11-12-29-15-27(20(19)7-8-21(25)28)35-23(33)9-10-24(34)36-27/h3-8,14,16,29-30H,9-13,15H2,1-2H3,(H,31,32). The molecule has 2 aromatic carbocycles. The first-order valence-electron chi connectivity index (χ1n) is 12.3. The summed E-state index contributed by atoms with van der Waals surface area (Å²) in [6, 6.07) is 12.1. The minimum absolute atomic E-state index is 0.00105. The highest BCUT2D eigenvalue weighted by Gasteiger charge is 2.46. The molecule has 1 fully saturated rings. The van der Waals surface area contributed by atoms with Gasteiger partial charge in [-0.3, -0.25) is 9.59 Å². The average Bonchev–Trinajstić information content (AvgIpc) is 3.18. The van der Waals surface area contributed by atoms with Crippen LogP contribution in [0.3, 0.4) is 0 Å². The highest BCUT2D eigenvalue weighted by atomic mass is 35.5. The summed E-state index contributed by atoms with van der Waals surface area (Å²) < 4.78 is 11.5. The van der Waals surface area contributed by atoms with E-state index in [2.05, 4.69) is 59.0 Å². The quantitative estimate of drug-likeness (QED) is 0.372. The highest BCUT2D eigenvalue weighted by Crippen LogP contribution is 2.40. The third-order valence-electron chi connectivity index (χ3n) is 6.31. The molecule has 1 aromatic heterocycles. The second kappa shape index (κ2) is 10.7. The normalized spacial score (nSPS) is 17.0. The largest absolute Gasteiger partial charge is 0.416 e. The predicted octanol–water partition coefficient (Wildman–Crippen LogP) is 5.07. The molecular formula is C27H29ClN4O4S. The van der Waals surface area contributed by atoms with Crippen LogP contribution in [0.4, 0.5) is 10.8 Å². The first-order chi connectivity index (χ1) is 17.8. The van der Waals surface area contributed by atoms with Crippen LogP contribution >= 0.6 is 22.9 Å². The van der Waals surface area contributed by atoms with Gasteiger partial charge in [0, 0.05) is 29.1 Å². The van der Waals surface area contributed by atoms with Gasteiger partial charge in [-0.2, -0.15) is 0 Å². The van der Waals surface area contributed by atoms with Crippen molar-refractivity contribution in [2.75, 3.05) is 23.7 Å². The Morgan fingerprint density at radius 1 is 1.08 bits per heavy atom. The smallest absolute Gasteiger partial charge is 0.309 e. The van der Waals surface area contributed by atoms with Crippen molar-refractivity contribution in [3.63, 3.8) is 0 Å². The van der Waals surface area contributed by atoms with Crippen LogP contribution in [0.15, 0.2) is 41.8 Å². The molecule has 2 aliphatic rings. The van der Waals surface area contributed by atoms with Crippen LogP contribution in [0.25, 0.3) is 11.3 Å². The van der Waals surface area contributed by atoms with E-state index in [9.17, 15) is 9.59 Å². The number of carbonyl (C=O) groups is 2. The van der Waals surface area contributed by atoms with Crippen LogP contribution < -0.4 is 16.0 Å². The van der Waals surface area contributed by atoms with Crippen LogP contribution in [0.1, 0.15) is 43.4 Å². The Morgan fingerprint density at radius 2 is 1.81 bits per heavy atom. The van der Waals surface area contributed by atoms with Crippen molar-refractivity contribution in [3.05, 3.63) is 63.5 Å². The number of halogens is 1. The van der Waals surface area contributed by atoms with Crippen molar-refractivity contribution < 1.29 is 19.1 Å². The second-order valence-electron chi connectivity index (χ2n) is 9.46. The molecular weight excluding hydrogens is 512 g/mol. The van der Waals surface area contributed by atoms with Gasteiger partial charge in [0.15, 0.2) is 5.13 Å². The van der Waals surface area contributed by atoms with Crippen molar-refractivity contribution in [3.8, 4) is 11.3 Å². The first kappa shape index (κ1) is 25.5. The van der Waals surface area contributed by atoms with E-state index in [1.54, 1.807) is 23.5 Å². The Labute approximate surface area is 224 Å². The predicted molar refractivity (Wildman–Crippen MR) is 145 cm³/mol. The third-order valence-corrected chi connectivity index (χ3v) is 7.40. The Balaban J connectivity index is 1.37. The molecule has 0 radical (unpaired) electrons. The van der Waals surface area contributed by atoms with Crippen molar-refractivity contribution >= 4 is 45.7 Å². The summed E-state index contributed by atoms with van der Waals surface area (Å²) in [5.41, 5.74) is 5.30. The summed E-state index contributed by atoms with van der Waals surface area (Å²) in [4.78, 5) is 29.3. The maximum atomic E-state index is 12.3. The van der Waals surface area contributed by atoms with E-state index < -0.39 is 17.7 Å². The number of fused-ring (bicyclic) bond motifs is 2. The van der Waals surface area contributed by atoms with E-state index >= 15 is 0 Å². The molecule has 0 unspecified atom stereocenters. The molecule has 1 saturated heterocycles. The number of rotatable bonds is 6. The lowest BCUT2D eigenvalue weighted by Gasteiger charge is -2.32. The van der Waals surface area contributed by atoms with Crippen molar-refractivity contribution in [1.82, 2.24) is 10.3 Å². The minimum atomic E-state index is -1.50. The molecule has 0 atom stereocenters. The Kier molecular flexibility index (Phi) is 7.37. The lowest BCUT2D eigenvalue weighted by Crippen LogP contribution is -2.43. The number of benzene rings is 2. The average molecular weight is 541 g/mol. The number of aromatic nitrogens is 1. The maximum absolute atomic E-state index is 12.3. The van der Waals surface area contributed by atoms with Gasteiger partial charge in [0.25, 0.3) is 5.79 Å². The molecule has 0 aliphatic carbocycles. The van der Waals surface area contributed by atoms with Gasteiger partial charge in [0.2, 0.25) is 0 Å². The zero-order chi connectivity index (χ0) is 26.0. The highest BCUT2D eigenvalue weighted by molar-refractivity contribution is 7.14. The SMILES string of the molecule is CC(C)Nc1nc(-c2ccc(CNc3c(Cl)ccc4c3CCNCC43OC(=O)CCC(=O)O3)cc2)cs1. The monoisotopic (exact) mass is 540 g/mol. The number of nitrogens with zero attached hydrogens (tertiary/aromatic N) is 1. The molecule has 37 heavy (non-hydrogen) atoms. The number of anilines is 2. The number of thiazole rings is 1. The molecule has 5 rings (SSSR count). The van der Waals surface area contributed by atoms with Gasteiger partial charge < -0.3 is 25.4 Å². The molecule has 0 amide bonds. The number of hydrogen-bond acceptors (Lipinski definition) is 9. The molecule has 0 saturated carbocycles. The first-order valence-corrected chi connectivity index (χ1v) is 13.6. The Hall–Kier alpha value is -3.14. The fourth-order valence-corrected chi connectivity index (χ4v) is 5.68. The van der Waals surface area contributed by atoms with Gasteiger partial charge in [0.1, 0.15) is 0 Å². The third kappa shape index (κ3) is 5.58. The molecule has 10 heteroatoms. The lowest BCUT2D eigenvalue weighted by atomic mass is 9.96. The molecule has 1 spiro atoms. The molecule has 3 aromatic rings. The number of hydrogen-bond donors (Lipinski definition) is 3. The van der Waals surface area contributed by atoms with Crippen LogP contribution in [-0.2, 0) is 37.8 Å². The number of esters is 2. The van der Waals surface area contributed by atoms with Gasteiger partial charge in [-0.25, -0.2) is 4.98 Å². The van der Waals surface area contributed by atoms with Crippen molar-refractivity contribution in [1.29, 1.82) is 0 Å². The van der Waals surface area contributed by atoms with E-state index in [1.165, 1.54) is 0 Å². The van der Waals surface area contributed by atoms with E-state index in [-0.39, 0.29) is 19.4 Å². The van der Waals surface area contributed by atoms with Crippen LogP contribution in [0, 0.1) is 0 Å². The molecule has 3 N–H and O–H groups in total. The Bertz CT molecular complexity index is 1290. The van der Waals surface area contributed by atoms with E-state index in [0.29, 0.717) is 36.1 Å². The number of ether oxygens (including phenoxy) is 2. The second-order valence-corrected chi connectivity index (χ2v) is 10.7. The van der Waals surface area contributed by atoms with Crippen LogP contribution in [0.5, 0.6) is 0 Å². The summed E-state index contributed by atoms with van der Waals surface area (Å²) in [5, 5.41) is 13.6. The summed E-state index contributed by atoms with van der Waals surface area (Å²) in [5.74, 6) is -2.43. The molecule has 194 valence electrons. The van der Waals surface area contributed by atoms with E-state index in [0.717, 1.165) is 33.2 Å². The van der Waals surface area contributed by atoms with Gasteiger partial charge in [-0.1, -0.05) is 35.9 Å². The summed E-state index contributed by atoms with van der Waals surface area (Å²) >= 11 is 8.22. The Morgan fingerprint density at radius 3 is 2.51 bits per heavy atom. The minimum Gasteiger partial charge on any atom is -0.416 e. The summed E-state index contributed by atoms with van der Waals surface area (Å²) in [7, 11) is 0. The van der Waals surface area contributed by atoms with Gasteiger partial charge in [-0.05, 0) is 50.1 Å². The fourth-order valence-electron chi connectivity index (χ4n) is 4.57. The van der Waals surface area contributed by atoms with E-state index in [1.807, 2.05) is 5.38 Å². The molecule has 3 heterocycles. The van der Waals surface area contributed by atoms with E-state index in [4.69, 9.17) is 21.1 Å². The van der Waals surface area contributed by atoms with Crippen LogP contribution in [0.2, 0.25) is 5.02 Å². The lowest BCUT2D eigenvalue weighted by molar-refractivity contribution is -0.225. The molecule has 8 nitrogen and oxygen atoms in total. The van der Waals surface area contributed by atoms with Gasteiger partial charge >= 0.3 is 11.9 Å².